The first-order valence-electron chi connectivity index (χ1n) is 6.12. The molecular weight excluding hydrogens is 224 g/mol. The SMILES string of the molecule is Cc1ccc2ccn(Cc3nc(C)c(C)o3)c2c1. The summed E-state index contributed by atoms with van der Waals surface area (Å²) in [6.07, 6.45) is 2.08. The molecule has 3 heteroatoms. The highest BCUT2D eigenvalue weighted by Crippen LogP contribution is 2.19. The highest BCUT2D eigenvalue weighted by Gasteiger charge is 2.08. The maximum absolute atomic E-state index is 5.63. The largest absolute Gasteiger partial charge is 0.444 e. The van der Waals surface area contributed by atoms with Gasteiger partial charge in [-0.2, -0.15) is 0 Å². The van der Waals surface area contributed by atoms with E-state index in [1.54, 1.807) is 0 Å². The molecule has 0 aliphatic rings. The smallest absolute Gasteiger partial charge is 0.214 e. The predicted molar refractivity (Wildman–Crippen MR) is 71.8 cm³/mol. The molecule has 0 N–H and O–H groups in total. The van der Waals surface area contributed by atoms with Crippen molar-refractivity contribution in [2.75, 3.05) is 0 Å². The van der Waals surface area contributed by atoms with Gasteiger partial charge in [0.05, 0.1) is 12.2 Å². The maximum atomic E-state index is 5.63. The zero-order chi connectivity index (χ0) is 12.7. The summed E-state index contributed by atoms with van der Waals surface area (Å²) in [4.78, 5) is 4.43. The Labute approximate surface area is 106 Å². The Morgan fingerprint density at radius 3 is 2.72 bits per heavy atom. The Bertz CT molecular complexity index is 687. The lowest BCUT2D eigenvalue weighted by atomic mass is 10.2. The minimum atomic E-state index is 0.682. The van der Waals surface area contributed by atoms with Gasteiger partial charge in [0.2, 0.25) is 5.89 Å². The van der Waals surface area contributed by atoms with Gasteiger partial charge in [0.1, 0.15) is 5.76 Å². The Kier molecular flexibility index (Phi) is 2.47. The number of fused-ring (bicyclic) bond motifs is 1. The van der Waals surface area contributed by atoms with Crippen molar-refractivity contribution in [3.63, 3.8) is 0 Å². The molecule has 0 radical (unpaired) electrons. The number of aryl methyl sites for hydroxylation is 3. The zero-order valence-corrected chi connectivity index (χ0v) is 10.9. The molecule has 0 fully saturated rings. The Morgan fingerprint density at radius 2 is 2.00 bits per heavy atom. The second kappa shape index (κ2) is 4.02. The molecule has 0 aliphatic heterocycles. The molecule has 0 saturated carbocycles. The van der Waals surface area contributed by atoms with Crippen LogP contribution in [0.2, 0.25) is 0 Å². The lowest BCUT2D eigenvalue weighted by molar-refractivity contribution is 0.459. The third-order valence-corrected chi connectivity index (χ3v) is 3.31. The lowest BCUT2D eigenvalue weighted by Gasteiger charge is -2.02. The van der Waals surface area contributed by atoms with Gasteiger partial charge in [0.25, 0.3) is 0 Å². The number of hydrogen-bond donors (Lipinski definition) is 0. The van der Waals surface area contributed by atoms with Crippen molar-refractivity contribution in [1.82, 2.24) is 9.55 Å². The van der Waals surface area contributed by atoms with Crippen LogP contribution in [0.4, 0.5) is 0 Å². The summed E-state index contributed by atoms with van der Waals surface area (Å²) < 4.78 is 7.81. The molecule has 1 aromatic carbocycles. The second-order valence-electron chi connectivity index (χ2n) is 4.76. The molecule has 0 amide bonds. The Balaban J connectivity index is 2.02. The molecule has 0 saturated heterocycles. The first-order valence-corrected chi connectivity index (χ1v) is 6.12. The van der Waals surface area contributed by atoms with Gasteiger partial charge in [0.15, 0.2) is 0 Å². The van der Waals surface area contributed by atoms with Crippen LogP contribution in [-0.4, -0.2) is 9.55 Å². The van der Waals surface area contributed by atoms with Crippen molar-refractivity contribution < 1.29 is 4.42 Å². The minimum absolute atomic E-state index is 0.682. The maximum Gasteiger partial charge on any atom is 0.214 e. The van der Waals surface area contributed by atoms with E-state index in [-0.39, 0.29) is 0 Å². The van der Waals surface area contributed by atoms with Crippen LogP contribution in [0.5, 0.6) is 0 Å². The number of benzene rings is 1. The third-order valence-electron chi connectivity index (χ3n) is 3.31. The molecule has 0 bridgehead atoms. The summed E-state index contributed by atoms with van der Waals surface area (Å²) in [5.74, 6) is 1.67. The van der Waals surface area contributed by atoms with Crippen LogP contribution in [0.1, 0.15) is 22.9 Å². The molecular formula is C15H16N2O. The molecule has 0 spiro atoms. The Hall–Kier alpha value is -2.03. The number of rotatable bonds is 2. The molecule has 3 aromatic rings. The van der Waals surface area contributed by atoms with E-state index in [0.717, 1.165) is 17.3 Å². The van der Waals surface area contributed by atoms with E-state index in [0.29, 0.717) is 6.54 Å². The molecule has 3 rings (SSSR count). The number of oxazole rings is 1. The molecule has 0 unspecified atom stereocenters. The summed E-state index contributed by atoms with van der Waals surface area (Å²) in [6, 6.07) is 8.59. The van der Waals surface area contributed by atoms with Crippen LogP contribution in [0.25, 0.3) is 10.9 Å². The van der Waals surface area contributed by atoms with Crippen molar-refractivity contribution in [3.05, 3.63) is 53.4 Å². The second-order valence-corrected chi connectivity index (χ2v) is 4.76. The monoisotopic (exact) mass is 240 g/mol. The van der Waals surface area contributed by atoms with Gasteiger partial charge in [-0.1, -0.05) is 12.1 Å². The fourth-order valence-electron chi connectivity index (χ4n) is 2.18. The van der Waals surface area contributed by atoms with Crippen molar-refractivity contribution in [2.45, 2.75) is 27.3 Å². The van der Waals surface area contributed by atoms with Gasteiger partial charge in [-0.25, -0.2) is 4.98 Å². The summed E-state index contributed by atoms with van der Waals surface area (Å²) in [7, 11) is 0. The topological polar surface area (TPSA) is 31.0 Å². The van der Waals surface area contributed by atoms with Crippen molar-refractivity contribution in [1.29, 1.82) is 0 Å². The molecule has 0 atom stereocenters. The normalized spacial score (nSPS) is 11.3. The van der Waals surface area contributed by atoms with Gasteiger partial charge in [-0.3, -0.25) is 0 Å². The van der Waals surface area contributed by atoms with Gasteiger partial charge in [-0.05, 0) is 43.9 Å². The van der Waals surface area contributed by atoms with Gasteiger partial charge < -0.3 is 8.98 Å². The molecule has 2 heterocycles. The third kappa shape index (κ3) is 1.82. The first-order chi connectivity index (χ1) is 8.63. The van der Waals surface area contributed by atoms with E-state index in [4.69, 9.17) is 4.42 Å². The zero-order valence-electron chi connectivity index (χ0n) is 10.9. The summed E-state index contributed by atoms with van der Waals surface area (Å²) >= 11 is 0. The number of hydrogen-bond acceptors (Lipinski definition) is 2. The standard InChI is InChI=1S/C15H16N2O/c1-10-4-5-13-6-7-17(14(13)8-10)9-15-16-11(2)12(3)18-15/h4-8H,9H2,1-3H3. The van der Waals surface area contributed by atoms with Gasteiger partial charge >= 0.3 is 0 Å². The fraction of sp³-hybridized carbons (Fsp3) is 0.267. The van der Waals surface area contributed by atoms with Crippen LogP contribution < -0.4 is 0 Å². The summed E-state index contributed by atoms with van der Waals surface area (Å²) in [6.45, 7) is 6.71. The predicted octanol–water partition coefficient (Wildman–Crippen LogP) is 3.60. The number of nitrogens with zero attached hydrogens (tertiary/aromatic N) is 2. The van der Waals surface area contributed by atoms with Crippen molar-refractivity contribution in [3.8, 4) is 0 Å². The van der Waals surface area contributed by atoms with Crippen LogP contribution in [0.3, 0.4) is 0 Å². The van der Waals surface area contributed by atoms with Crippen LogP contribution in [0, 0.1) is 20.8 Å². The average Bonchev–Trinajstić information content (AvgIpc) is 2.85. The van der Waals surface area contributed by atoms with E-state index in [1.165, 1.54) is 16.5 Å². The average molecular weight is 240 g/mol. The van der Waals surface area contributed by atoms with Crippen molar-refractivity contribution >= 4 is 10.9 Å². The highest BCUT2D eigenvalue weighted by molar-refractivity contribution is 5.80. The molecule has 92 valence electrons. The van der Waals surface area contributed by atoms with Gasteiger partial charge in [-0.15, -0.1) is 0 Å². The van der Waals surface area contributed by atoms with E-state index >= 15 is 0 Å². The molecule has 3 nitrogen and oxygen atoms in total. The number of aromatic nitrogens is 2. The fourth-order valence-corrected chi connectivity index (χ4v) is 2.18. The minimum Gasteiger partial charge on any atom is -0.444 e. The van der Waals surface area contributed by atoms with E-state index < -0.39 is 0 Å². The van der Waals surface area contributed by atoms with E-state index in [9.17, 15) is 0 Å². The molecule has 0 aliphatic carbocycles. The lowest BCUT2D eigenvalue weighted by Crippen LogP contribution is -1.98. The quantitative estimate of drug-likeness (QED) is 0.685. The molecule has 18 heavy (non-hydrogen) atoms. The van der Waals surface area contributed by atoms with Gasteiger partial charge in [0, 0.05) is 11.7 Å². The Morgan fingerprint density at radius 1 is 1.17 bits per heavy atom. The molecule has 2 aromatic heterocycles. The van der Waals surface area contributed by atoms with E-state index in [2.05, 4.69) is 46.9 Å². The van der Waals surface area contributed by atoms with Crippen molar-refractivity contribution in [2.24, 2.45) is 0 Å². The van der Waals surface area contributed by atoms with Crippen LogP contribution >= 0.6 is 0 Å². The summed E-state index contributed by atoms with van der Waals surface area (Å²) in [5, 5.41) is 1.25. The van der Waals surface area contributed by atoms with E-state index in [1.807, 2.05) is 13.8 Å². The van der Waals surface area contributed by atoms with Crippen LogP contribution in [-0.2, 0) is 6.54 Å². The van der Waals surface area contributed by atoms with Crippen LogP contribution in [0.15, 0.2) is 34.9 Å². The first kappa shape index (κ1) is 11.1. The highest BCUT2D eigenvalue weighted by atomic mass is 16.4. The summed E-state index contributed by atoms with van der Waals surface area (Å²) in [5.41, 5.74) is 3.46.